The van der Waals surface area contributed by atoms with Gasteiger partial charge in [0.25, 0.3) is 0 Å². The summed E-state index contributed by atoms with van der Waals surface area (Å²) in [6.07, 6.45) is -1.14. The van der Waals surface area contributed by atoms with E-state index in [1.807, 2.05) is 19.1 Å². The molecular weight excluding hydrogens is 244 g/mol. The van der Waals surface area contributed by atoms with Crippen molar-refractivity contribution in [2.24, 2.45) is 0 Å². The average Bonchev–Trinajstić information content (AvgIpc) is 2.38. The number of aryl methyl sites for hydroxylation is 1. The first-order valence-corrected chi connectivity index (χ1v) is 6.44. The summed E-state index contributed by atoms with van der Waals surface area (Å²) in [5.41, 5.74) is 1.44. The van der Waals surface area contributed by atoms with Gasteiger partial charge in [-0.05, 0) is 26.3 Å². The standard InChI is InChI=1S/C15H20O4/c1-4-18-15(19-5-2)14(17)10-13(16)12-9-7-6-8-11(12)3/h6-9,15H,4-5,10H2,1-3H3. The van der Waals surface area contributed by atoms with Crippen LogP contribution >= 0.6 is 0 Å². The second-order valence-electron chi connectivity index (χ2n) is 4.12. The lowest BCUT2D eigenvalue weighted by Crippen LogP contribution is -2.29. The van der Waals surface area contributed by atoms with Crippen molar-refractivity contribution in [3.8, 4) is 0 Å². The highest BCUT2D eigenvalue weighted by Gasteiger charge is 2.22. The molecule has 0 atom stereocenters. The predicted molar refractivity (Wildman–Crippen MR) is 72.2 cm³/mol. The molecule has 104 valence electrons. The molecule has 0 heterocycles. The molecule has 1 aromatic rings. The summed E-state index contributed by atoms with van der Waals surface area (Å²) in [6.45, 7) is 6.15. The predicted octanol–water partition coefficient (Wildman–Crippen LogP) is 2.54. The molecule has 1 rings (SSSR count). The molecule has 0 fully saturated rings. The number of carbonyl (C=O) groups excluding carboxylic acids is 2. The monoisotopic (exact) mass is 264 g/mol. The number of benzene rings is 1. The number of hydrogen-bond acceptors (Lipinski definition) is 4. The zero-order chi connectivity index (χ0) is 14.3. The van der Waals surface area contributed by atoms with Gasteiger partial charge in [0.15, 0.2) is 11.6 Å². The summed E-state index contributed by atoms with van der Waals surface area (Å²) in [5.74, 6) is -0.538. The van der Waals surface area contributed by atoms with Crippen molar-refractivity contribution in [2.75, 3.05) is 13.2 Å². The molecule has 0 saturated heterocycles. The van der Waals surface area contributed by atoms with Crippen molar-refractivity contribution in [3.63, 3.8) is 0 Å². The quantitative estimate of drug-likeness (QED) is 0.411. The lowest BCUT2D eigenvalue weighted by Gasteiger charge is -2.15. The zero-order valence-electron chi connectivity index (χ0n) is 11.6. The molecule has 0 aromatic heterocycles. The summed E-state index contributed by atoms with van der Waals surface area (Å²) in [6, 6.07) is 7.21. The Kier molecular flexibility index (Phi) is 6.39. The zero-order valence-corrected chi connectivity index (χ0v) is 11.6. The summed E-state index contributed by atoms with van der Waals surface area (Å²) < 4.78 is 10.4. The van der Waals surface area contributed by atoms with E-state index < -0.39 is 6.29 Å². The molecule has 0 saturated carbocycles. The van der Waals surface area contributed by atoms with Gasteiger partial charge in [-0.3, -0.25) is 9.59 Å². The van der Waals surface area contributed by atoms with E-state index in [4.69, 9.17) is 9.47 Å². The first-order chi connectivity index (χ1) is 9.10. The Hall–Kier alpha value is -1.52. The molecule has 1 aromatic carbocycles. The normalized spacial score (nSPS) is 10.7. The number of ketones is 2. The van der Waals surface area contributed by atoms with Crippen LogP contribution in [0.15, 0.2) is 24.3 Å². The van der Waals surface area contributed by atoms with Crippen molar-refractivity contribution in [1.82, 2.24) is 0 Å². The van der Waals surface area contributed by atoms with Crippen LogP contribution in [0.25, 0.3) is 0 Å². The van der Waals surface area contributed by atoms with Crippen LogP contribution < -0.4 is 0 Å². The van der Waals surface area contributed by atoms with Gasteiger partial charge in [0.2, 0.25) is 6.29 Å². The summed E-state index contributed by atoms with van der Waals surface area (Å²) in [7, 11) is 0. The molecule has 19 heavy (non-hydrogen) atoms. The van der Waals surface area contributed by atoms with Crippen LogP contribution in [0.3, 0.4) is 0 Å². The minimum Gasteiger partial charge on any atom is -0.346 e. The number of ether oxygens (including phenoxy) is 2. The Morgan fingerprint density at radius 2 is 1.68 bits per heavy atom. The van der Waals surface area contributed by atoms with Crippen molar-refractivity contribution in [1.29, 1.82) is 0 Å². The summed E-state index contributed by atoms with van der Waals surface area (Å²) in [4.78, 5) is 24.0. The van der Waals surface area contributed by atoms with E-state index in [1.165, 1.54) is 0 Å². The third kappa shape index (κ3) is 4.58. The van der Waals surface area contributed by atoms with Crippen LogP contribution in [-0.2, 0) is 14.3 Å². The fourth-order valence-electron chi connectivity index (χ4n) is 1.76. The van der Waals surface area contributed by atoms with E-state index >= 15 is 0 Å². The van der Waals surface area contributed by atoms with E-state index in [1.54, 1.807) is 26.0 Å². The number of rotatable bonds is 8. The summed E-state index contributed by atoms with van der Waals surface area (Å²) >= 11 is 0. The molecule has 4 heteroatoms. The molecule has 0 aliphatic heterocycles. The van der Waals surface area contributed by atoms with Gasteiger partial charge in [0, 0.05) is 18.8 Å². The highest BCUT2D eigenvalue weighted by molar-refractivity contribution is 6.09. The number of Topliss-reactive ketones (excluding diaryl/α,β-unsaturated/α-hetero) is 2. The molecule has 4 nitrogen and oxygen atoms in total. The van der Waals surface area contributed by atoms with Gasteiger partial charge in [-0.2, -0.15) is 0 Å². The minimum atomic E-state index is -0.942. The first-order valence-electron chi connectivity index (χ1n) is 6.44. The molecule has 0 N–H and O–H groups in total. The van der Waals surface area contributed by atoms with Gasteiger partial charge in [0.1, 0.15) is 0 Å². The van der Waals surface area contributed by atoms with E-state index in [-0.39, 0.29) is 18.0 Å². The Balaban J connectivity index is 2.70. The average molecular weight is 264 g/mol. The largest absolute Gasteiger partial charge is 0.346 e. The molecule has 0 spiro atoms. The first kappa shape index (κ1) is 15.5. The lowest BCUT2D eigenvalue weighted by atomic mass is 10.0. The highest BCUT2D eigenvalue weighted by atomic mass is 16.7. The van der Waals surface area contributed by atoms with Crippen molar-refractivity contribution in [2.45, 2.75) is 33.5 Å². The van der Waals surface area contributed by atoms with Gasteiger partial charge in [-0.1, -0.05) is 24.3 Å². The van der Waals surface area contributed by atoms with Crippen LogP contribution in [0.2, 0.25) is 0 Å². The Morgan fingerprint density at radius 3 is 2.21 bits per heavy atom. The Morgan fingerprint density at radius 1 is 1.11 bits per heavy atom. The van der Waals surface area contributed by atoms with E-state index in [2.05, 4.69) is 0 Å². The van der Waals surface area contributed by atoms with Gasteiger partial charge in [0.05, 0.1) is 6.42 Å². The fourth-order valence-corrected chi connectivity index (χ4v) is 1.76. The molecule has 0 bridgehead atoms. The SMILES string of the molecule is CCOC(OCC)C(=O)CC(=O)c1ccccc1C. The molecular formula is C15H20O4. The number of hydrogen-bond donors (Lipinski definition) is 0. The lowest BCUT2D eigenvalue weighted by molar-refractivity contribution is -0.166. The van der Waals surface area contributed by atoms with Crippen molar-refractivity contribution < 1.29 is 19.1 Å². The third-order valence-corrected chi connectivity index (χ3v) is 2.68. The maximum absolute atomic E-state index is 12.1. The number of carbonyl (C=O) groups is 2. The third-order valence-electron chi connectivity index (χ3n) is 2.68. The van der Waals surface area contributed by atoms with Crippen LogP contribution in [0, 0.1) is 6.92 Å². The topological polar surface area (TPSA) is 52.6 Å². The van der Waals surface area contributed by atoms with Crippen molar-refractivity contribution >= 4 is 11.6 Å². The second-order valence-corrected chi connectivity index (χ2v) is 4.12. The second kappa shape index (κ2) is 7.81. The summed E-state index contributed by atoms with van der Waals surface area (Å²) in [5, 5.41) is 0. The van der Waals surface area contributed by atoms with Gasteiger partial charge in [-0.15, -0.1) is 0 Å². The molecule has 0 radical (unpaired) electrons. The maximum atomic E-state index is 12.1. The highest BCUT2D eigenvalue weighted by Crippen LogP contribution is 2.11. The maximum Gasteiger partial charge on any atom is 0.218 e. The van der Waals surface area contributed by atoms with Crippen LogP contribution in [0.4, 0.5) is 0 Å². The fraction of sp³-hybridized carbons (Fsp3) is 0.467. The van der Waals surface area contributed by atoms with E-state index in [0.717, 1.165) is 5.56 Å². The van der Waals surface area contributed by atoms with Crippen LogP contribution in [-0.4, -0.2) is 31.1 Å². The molecule has 0 amide bonds. The van der Waals surface area contributed by atoms with E-state index in [9.17, 15) is 9.59 Å². The Labute approximate surface area is 113 Å². The van der Waals surface area contributed by atoms with Gasteiger partial charge in [-0.25, -0.2) is 0 Å². The Bertz CT molecular complexity index is 434. The van der Waals surface area contributed by atoms with Crippen LogP contribution in [0.5, 0.6) is 0 Å². The molecule has 0 aliphatic rings. The van der Waals surface area contributed by atoms with Crippen molar-refractivity contribution in [3.05, 3.63) is 35.4 Å². The van der Waals surface area contributed by atoms with Gasteiger partial charge >= 0.3 is 0 Å². The molecule has 0 aliphatic carbocycles. The minimum absolute atomic E-state index is 0.199. The smallest absolute Gasteiger partial charge is 0.218 e. The van der Waals surface area contributed by atoms with Gasteiger partial charge < -0.3 is 9.47 Å². The molecule has 0 unspecified atom stereocenters. The van der Waals surface area contributed by atoms with Crippen LogP contribution in [0.1, 0.15) is 36.2 Å². The van der Waals surface area contributed by atoms with E-state index in [0.29, 0.717) is 18.8 Å².